The molecule has 17 rings (SSSR count). The van der Waals surface area contributed by atoms with Gasteiger partial charge in [-0.2, -0.15) is 0 Å². The van der Waals surface area contributed by atoms with Gasteiger partial charge < -0.3 is 14.4 Å². The maximum atomic E-state index is 5.71. The van der Waals surface area contributed by atoms with Gasteiger partial charge in [-0.15, -0.1) is 0 Å². The second-order valence-electron chi connectivity index (χ2n) is 27.3. The molecule has 0 bridgehead atoms. The van der Waals surface area contributed by atoms with E-state index in [1.165, 1.54) is 38.3 Å². The molecule has 0 amide bonds. The van der Waals surface area contributed by atoms with Gasteiger partial charge in [-0.3, -0.25) is 0 Å². The summed E-state index contributed by atoms with van der Waals surface area (Å²) < 4.78 is 2.42. The molecule has 96 heavy (non-hydrogen) atoms. The van der Waals surface area contributed by atoms with Crippen LogP contribution in [0.2, 0.25) is 0 Å². The minimum absolute atomic E-state index is 0.0123. The SMILES string of the molecule is CC(C)(C)c1ccc2c(c1)c1cc(C(C)(C)C)ccc1n2-c1ccc(-c2cc(-c3ccccc3)nc(-c3ccccc3)n2)cc1-c1nc(-c2ccccc2)nc(-c2cccc(-c3cc4c5c(c3)N(c3ccccc3)c3ccccc3B5c3ccccc3N4c3ccccc3)c2)n1. The Bertz CT molecular complexity index is 5260. The summed E-state index contributed by atoms with van der Waals surface area (Å²) in [4.78, 5) is 32.3. The molecule has 0 unspecified atom stereocenters. The lowest BCUT2D eigenvalue weighted by Gasteiger charge is -2.44. The molecule has 12 aromatic carbocycles. The van der Waals surface area contributed by atoms with Crippen LogP contribution in [0.15, 0.2) is 297 Å². The molecular weight excluding hydrogens is 1170 g/mol. The van der Waals surface area contributed by atoms with Crippen LogP contribution in [0.1, 0.15) is 52.7 Å². The van der Waals surface area contributed by atoms with Crippen molar-refractivity contribution in [2.75, 3.05) is 9.80 Å². The van der Waals surface area contributed by atoms with Crippen LogP contribution in [-0.4, -0.2) is 36.2 Å². The lowest BCUT2D eigenvalue weighted by Crippen LogP contribution is -2.61. The number of benzene rings is 12. The normalized spacial score (nSPS) is 12.6. The average molecular weight is 1240 g/mol. The summed E-state index contributed by atoms with van der Waals surface area (Å²) in [5, 5.41) is 2.37. The summed E-state index contributed by atoms with van der Waals surface area (Å²) in [6.07, 6.45) is 0. The van der Waals surface area contributed by atoms with Crippen molar-refractivity contribution in [1.29, 1.82) is 0 Å². The van der Waals surface area contributed by atoms with Gasteiger partial charge in [0, 0.05) is 78.3 Å². The third kappa shape index (κ3) is 10.1. The molecule has 0 N–H and O–H groups in total. The van der Waals surface area contributed by atoms with E-state index in [0.717, 1.165) is 107 Å². The molecule has 0 spiro atoms. The molecule has 2 aliphatic heterocycles. The minimum Gasteiger partial charge on any atom is -0.311 e. The van der Waals surface area contributed by atoms with Crippen LogP contribution in [0.25, 0.3) is 107 Å². The van der Waals surface area contributed by atoms with Crippen molar-refractivity contribution in [3.8, 4) is 84.9 Å². The highest BCUT2D eigenvalue weighted by atomic mass is 15.2. The maximum Gasteiger partial charge on any atom is 0.252 e. The molecule has 0 radical (unpaired) electrons. The van der Waals surface area contributed by atoms with Gasteiger partial charge >= 0.3 is 0 Å². The zero-order chi connectivity index (χ0) is 64.8. The number of anilines is 6. The van der Waals surface area contributed by atoms with E-state index < -0.39 is 0 Å². The zero-order valence-corrected chi connectivity index (χ0v) is 54.4. The first-order chi connectivity index (χ1) is 46.9. The number of nitrogens with zero attached hydrogens (tertiary/aromatic N) is 8. The molecule has 458 valence electrons. The fourth-order valence-electron chi connectivity index (χ4n) is 14.3. The van der Waals surface area contributed by atoms with E-state index in [2.05, 4.69) is 311 Å². The summed E-state index contributed by atoms with van der Waals surface area (Å²) >= 11 is 0. The number of para-hydroxylation sites is 4. The van der Waals surface area contributed by atoms with Crippen molar-refractivity contribution in [3.63, 3.8) is 0 Å². The summed E-state index contributed by atoms with van der Waals surface area (Å²) in [5.74, 6) is 2.26. The first-order valence-corrected chi connectivity index (χ1v) is 33.1. The van der Waals surface area contributed by atoms with E-state index in [0.29, 0.717) is 23.3 Å². The quantitative estimate of drug-likeness (QED) is 0.126. The summed E-state index contributed by atoms with van der Waals surface area (Å²) in [5.41, 5.74) is 25.1. The molecule has 15 aromatic rings. The molecular formula is C87H67BN8. The summed E-state index contributed by atoms with van der Waals surface area (Å²) in [6, 6.07) is 107. The predicted octanol–water partition coefficient (Wildman–Crippen LogP) is 20.1. The Balaban J connectivity index is 0.906. The second-order valence-corrected chi connectivity index (χ2v) is 27.3. The lowest BCUT2D eigenvalue weighted by molar-refractivity contribution is 0.590. The molecule has 3 aromatic heterocycles. The van der Waals surface area contributed by atoms with E-state index in [1.54, 1.807) is 0 Å². The molecule has 0 saturated carbocycles. The number of rotatable bonds is 10. The number of aromatic nitrogens is 6. The van der Waals surface area contributed by atoms with Gasteiger partial charge in [-0.05, 0) is 147 Å². The third-order valence-electron chi connectivity index (χ3n) is 19.1. The highest BCUT2D eigenvalue weighted by molar-refractivity contribution is 7.00. The van der Waals surface area contributed by atoms with E-state index in [-0.39, 0.29) is 17.5 Å². The van der Waals surface area contributed by atoms with E-state index in [4.69, 9.17) is 24.9 Å². The van der Waals surface area contributed by atoms with Crippen molar-refractivity contribution in [2.45, 2.75) is 52.4 Å². The summed E-state index contributed by atoms with van der Waals surface area (Å²) in [7, 11) is 0. The number of fused-ring (bicyclic) bond motifs is 7. The van der Waals surface area contributed by atoms with Gasteiger partial charge in [0.25, 0.3) is 6.71 Å². The predicted molar refractivity (Wildman–Crippen MR) is 399 cm³/mol. The smallest absolute Gasteiger partial charge is 0.252 e. The van der Waals surface area contributed by atoms with Crippen LogP contribution in [0.5, 0.6) is 0 Å². The van der Waals surface area contributed by atoms with Gasteiger partial charge in [0.2, 0.25) is 0 Å². The molecule has 2 aliphatic rings. The Morgan fingerprint density at radius 1 is 0.281 bits per heavy atom. The second kappa shape index (κ2) is 23.0. The van der Waals surface area contributed by atoms with Crippen molar-refractivity contribution in [1.82, 2.24) is 29.5 Å². The zero-order valence-electron chi connectivity index (χ0n) is 54.4. The van der Waals surface area contributed by atoms with Crippen molar-refractivity contribution in [2.24, 2.45) is 0 Å². The highest BCUT2D eigenvalue weighted by Crippen LogP contribution is 2.47. The molecule has 0 aliphatic carbocycles. The Morgan fingerprint density at radius 2 is 0.708 bits per heavy atom. The number of hydrogen-bond acceptors (Lipinski definition) is 7. The van der Waals surface area contributed by atoms with Crippen LogP contribution >= 0.6 is 0 Å². The highest BCUT2D eigenvalue weighted by Gasteiger charge is 2.43. The van der Waals surface area contributed by atoms with Crippen LogP contribution in [0, 0.1) is 0 Å². The van der Waals surface area contributed by atoms with Crippen LogP contribution < -0.4 is 26.2 Å². The fraction of sp³-hybridized carbons (Fsp3) is 0.0920. The number of hydrogen-bond donors (Lipinski definition) is 0. The van der Waals surface area contributed by atoms with Crippen LogP contribution in [0.3, 0.4) is 0 Å². The first kappa shape index (κ1) is 58.0. The van der Waals surface area contributed by atoms with E-state index in [9.17, 15) is 0 Å². The van der Waals surface area contributed by atoms with Crippen molar-refractivity contribution in [3.05, 3.63) is 308 Å². The van der Waals surface area contributed by atoms with Crippen LogP contribution in [0.4, 0.5) is 34.1 Å². The molecule has 9 heteroatoms. The Labute approximate surface area is 560 Å². The molecule has 0 atom stereocenters. The summed E-state index contributed by atoms with van der Waals surface area (Å²) in [6.45, 7) is 13.7. The van der Waals surface area contributed by atoms with Gasteiger partial charge in [0.05, 0.1) is 28.1 Å². The molecule has 0 saturated heterocycles. The maximum absolute atomic E-state index is 5.71. The van der Waals surface area contributed by atoms with Gasteiger partial charge in [0.1, 0.15) is 0 Å². The monoisotopic (exact) mass is 1230 g/mol. The Kier molecular flexibility index (Phi) is 13.9. The van der Waals surface area contributed by atoms with Gasteiger partial charge in [-0.25, -0.2) is 24.9 Å². The fourth-order valence-corrected chi connectivity index (χ4v) is 14.3. The van der Waals surface area contributed by atoms with E-state index >= 15 is 0 Å². The topological polar surface area (TPSA) is 75.9 Å². The van der Waals surface area contributed by atoms with Crippen molar-refractivity contribution >= 4 is 79.0 Å². The standard InChI is InChI=1S/C87H67BN8/c1-86(2,3)63-44-47-74-67(53-63)68-54-64(87(4,5)6)45-48-75(68)96(74)76-46-43-60(73-55-72(56-27-12-7-13-28-56)89-82(90-73)57-29-14-8-15-30-57)50-69(76)85-92-83(58-31-16-9-17-32-58)91-84(93-85)61-34-26-33-59(49-61)62-51-79-81-80(52-62)95(66-37-20-11-21-38-66)78-42-25-23-40-71(78)88(81)70-39-22-24-41-77(70)94(79)65-35-18-10-19-36-65/h7-55H,1-6H3. The van der Waals surface area contributed by atoms with E-state index in [1.807, 2.05) is 42.5 Å². The largest absolute Gasteiger partial charge is 0.311 e. The third-order valence-corrected chi connectivity index (χ3v) is 19.1. The average Bonchev–Trinajstić information content (AvgIpc) is 1.08. The van der Waals surface area contributed by atoms with Gasteiger partial charge in [-0.1, -0.05) is 242 Å². The Morgan fingerprint density at radius 3 is 1.23 bits per heavy atom. The first-order valence-electron chi connectivity index (χ1n) is 33.1. The Hall–Kier alpha value is -11.8. The molecule has 8 nitrogen and oxygen atoms in total. The van der Waals surface area contributed by atoms with Gasteiger partial charge in [0.15, 0.2) is 23.3 Å². The molecule has 5 heterocycles. The van der Waals surface area contributed by atoms with Crippen LogP contribution in [-0.2, 0) is 10.8 Å². The molecule has 0 fully saturated rings. The minimum atomic E-state index is -0.0822. The lowest BCUT2D eigenvalue weighted by atomic mass is 9.33. The van der Waals surface area contributed by atoms with Crippen molar-refractivity contribution < 1.29 is 0 Å².